The van der Waals surface area contributed by atoms with Crippen LogP contribution in [0.5, 0.6) is 0 Å². The summed E-state index contributed by atoms with van der Waals surface area (Å²) >= 11 is 0. The van der Waals surface area contributed by atoms with E-state index < -0.39 is 0 Å². The molecule has 1 aromatic rings. The Morgan fingerprint density at radius 3 is 2.84 bits per heavy atom. The minimum absolute atomic E-state index is 0.0317. The molecule has 1 saturated carbocycles. The van der Waals surface area contributed by atoms with Crippen molar-refractivity contribution in [3.63, 3.8) is 0 Å². The van der Waals surface area contributed by atoms with Crippen LogP contribution in [0.25, 0.3) is 0 Å². The highest BCUT2D eigenvalue weighted by atomic mass is 16.2. The normalized spacial score (nSPS) is 13.9. The number of rotatable bonds is 6. The molecule has 0 unspecified atom stereocenters. The predicted molar refractivity (Wildman–Crippen MR) is 71.1 cm³/mol. The summed E-state index contributed by atoms with van der Waals surface area (Å²) in [4.78, 5) is 28.9. The Labute approximate surface area is 113 Å². The summed E-state index contributed by atoms with van der Waals surface area (Å²) in [6.07, 6.45) is 5.92. The van der Waals surface area contributed by atoms with Gasteiger partial charge in [-0.3, -0.25) is 14.6 Å². The maximum atomic E-state index is 11.7. The third-order valence-corrected chi connectivity index (χ3v) is 3.18. The lowest BCUT2D eigenvalue weighted by Gasteiger charge is -2.20. The van der Waals surface area contributed by atoms with Gasteiger partial charge in [-0.15, -0.1) is 0 Å². The number of hydrogen-bond acceptors (Lipinski definition) is 3. The van der Waals surface area contributed by atoms with Gasteiger partial charge in [-0.05, 0) is 24.5 Å². The highest BCUT2D eigenvalue weighted by molar-refractivity contribution is 5.78. The zero-order valence-corrected chi connectivity index (χ0v) is 11.1. The molecule has 1 fully saturated rings. The first-order valence-electron chi connectivity index (χ1n) is 6.59. The maximum absolute atomic E-state index is 11.7. The Morgan fingerprint density at radius 2 is 2.26 bits per heavy atom. The van der Waals surface area contributed by atoms with Crippen molar-refractivity contribution >= 4 is 11.8 Å². The highest BCUT2D eigenvalue weighted by Crippen LogP contribution is 2.26. The summed E-state index contributed by atoms with van der Waals surface area (Å²) < 4.78 is 0. The molecule has 0 saturated heterocycles. The second-order valence-corrected chi connectivity index (χ2v) is 4.83. The Morgan fingerprint density at radius 1 is 1.47 bits per heavy atom. The number of hydrogen-bond donors (Lipinski definition) is 1. The monoisotopic (exact) mass is 261 g/mol. The molecule has 0 bridgehead atoms. The molecule has 5 heteroatoms. The van der Waals surface area contributed by atoms with E-state index in [2.05, 4.69) is 10.3 Å². The Balaban J connectivity index is 1.71. The van der Waals surface area contributed by atoms with Gasteiger partial charge in [0.15, 0.2) is 0 Å². The van der Waals surface area contributed by atoms with Gasteiger partial charge in [0.05, 0.1) is 0 Å². The van der Waals surface area contributed by atoms with Crippen molar-refractivity contribution in [3.8, 4) is 0 Å². The first-order valence-corrected chi connectivity index (χ1v) is 6.59. The second kappa shape index (κ2) is 6.31. The van der Waals surface area contributed by atoms with Crippen molar-refractivity contribution in [2.24, 2.45) is 0 Å². The average molecular weight is 261 g/mol. The number of nitrogens with zero attached hydrogens (tertiary/aromatic N) is 2. The van der Waals surface area contributed by atoms with Gasteiger partial charge >= 0.3 is 0 Å². The number of pyridine rings is 1. The van der Waals surface area contributed by atoms with E-state index in [0.717, 1.165) is 18.4 Å². The minimum Gasteiger partial charge on any atom is -0.352 e. The third kappa shape index (κ3) is 4.35. The van der Waals surface area contributed by atoms with Gasteiger partial charge in [-0.2, -0.15) is 0 Å². The summed E-state index contributed by atoms with van der Waals surface area (Å²) in [7, 11) is 0. The SMILES string of the molecule is CC(=O)N(CCC(=O)NCc1cccnc1)C1CC1. The van der Waals surface area contributed by atoms with Gasteiger partial charge in [0.2, 0.25) is 11.8 Å². The van der Waals surface area contributed by atoms with E-state index in [1.165, 1.54) is 0 Å². The third-order valence-electron chi connectivity index (χ3n) is 3.18. The van der Waals surface area contributed by atoms with Crippen LogP contribution in [-0.2, 0) is 16.1 Å². The number of nitrogens with one attached hydrogen (secondary N) is 1. The van der Waals surface area contributed by atoms with Gasteiger partial charge in [-0.25, -0.2) is 0 Å². The van der Waals surface area contributed by atoms with Crippen molar-refractivity contribution in [2.45, 2.75) is 38.8 Å². The van der Waals surface area contributed by atoms with Crippen LogP contribution in [0, 0.1) is 0 Å². The summed E-state index contributed by atoms with van der Waals surface area (Å²) in [5, 5.41) is 2.84. The van der Waals surface area contributed by atoms with Gasteiger partial charge < -0.3 is 10.2 Å². The zero-order valence-electron chi connectivity index (χ0n) is 11.1. The van der Waals surface area contributed by atoms with E-state index >= 15 is 0 Å². The fraction of sp³-hybridized carbons (Fsp3) is 0.500. The lowest BCUT2D eigenvalue weighted by Crippen LogP contribution is -2.35. The number of carbonyl (C=O) groups excluding carboxylic acids is 2. The Hall–Kier alpha value is -1.91. The summed E-state index contributed by atoms with van der Waals surface area (Å²) in [6, 6.07) is 4.12. The van der Waals surface area contributed by atoms with E-state index in [1.54, 1.807) is 24.2 Å². The van der Waals surface area contributed by atoms with Crippen LogP contribution in [0.1, 0.15) is 31.7 Å². The molecule has 0 aliphatic heterocycles. The van der Waals surface area contributed by atoms with E-state index in [4.69, 9.17) is 0 Å². The second-order valence-electron chi connectivity index (χ2n) is 4.83. The molecule has 0 aromatic carbocycles. The number of amides is 2. The van der Waals surface area contributed by atoms with Crippen LogP contribution >= 0.6 is 0 Å². The summed E-state index contributed by atoms with van der Waals surface area (Å²) in [5.41, 5.74) is 0.974. The Kier molecular flexibility index (Phi) is 4.49. The van der Waals surface area contributed by atoms with Crippen LogP contribution < -0.4 is 5.32 Å². The van der Waals surface area contributed by atoms with Gasteiger partial charge in [-0.1, -0.05) is 6.07 Å². The smallest absolute Gasteiger partial charge is 0.222 e. The van der Waals surface area contributed by atoms with Crippen molar-refractivity contribution in [3.05, 3.63) is 30.1 Å². The highest BCUT2D eigenvalue weighted by Gasteiger charge is 2.30. The lowest BCUT2D eigenvalue weighted by atomic mass is 10.2. The molecule has 2 amide bonds. The van der Waals surface area contributed by atoms with E-state index in [0.29, 0.717) is 25.6 Å². The molecule has 5 nitrogen and oxygen atoms in total. The first kappa shape index (κ1) is 13.5. The van der Waals surface area contributed by atoms with Gasteiger partial charge in [0.25, 0.3) is 0 Å². The molecule has 1 aliphatic rings. The number of aromatic nitrogens is 1. The molecule has 1 heterocycles. The molecule has 0 radical (unpaired) electrons. The zero-order chi connectivity index (χ0) is 13.7. The molecule has 1 aromatic heterocycles. The average Bonchev–Trinajstić information content (AvgIpc) is 3.22. The molecule has 2 rings (SSSR count). The van der Waals surface area contributed by atoms with Crippen molar-refractivity contribution < 1.29 is 9.59 Å². The Bertz CT molecular complexity index is 443. The van der Waals surface area contributed by atoms with Crippen LogP contribution in [0.3, 0.4) is 0 Å². The van der Waals surface area contributed by atoms with Gasteiger partial charge in [0, 0.05) is 44.9 Å². The lowest BCUT2D eigenvalue weighted by molar-refractivity contribution is -0.130. The molecule has 1 N–H and O–H groups in total. The van der Waals surface area contributed by atoms with Crippen molar-refractivity contribution in [1.82, 2.24) is 15.2 Å². The molecular weight excluding hydrogens is 242 g/mol. The summed E-state index contributed by atoms with van der Waals surface area (Å²) in [6.45, 7) is 2.56. The molecule has 19 heavy (non-hydrogen) atoms. The maximum Gasteiger partial charge on any atom is 0.222 e. The minimum atomic E-state index is -0.0317. The largest absolute Gasteiger partial charge is 0.352 e. The van der Waals surface area contributed by atoms with Crippen LogP contribution in [-0.4, -0.2) is 34.3 Å². The first-order chi connectivity index (χ1) is 9.16. The molecule has 0 spiro atoms. The van der Waals surface area contributed by atoms with Crippen molar-refractivity contribution in [2.75, 3.05) is 6.54 Å². The van der Waals surface area contributed by atoms with Crippen LogP contribution in [0.15, 0.2) is 24.5 Å². The number of carbonyl (C=O) groups is 2. The fourth-order valence-corrected chi connectivity index (χ4v) is 2.00. The molecule has 0 atom stereocenters. The summed E-state index contributed by atoms with van der Waals surface area (Å²) in [5.74, 6) is 0.0262. The standard InChI is InChI=1S/C14H19N3O2/c1-11(18)17(13-4-5-13)8-6-14(19)16-10-12-3-2-7-15-9-12/h2-3,7,9,13H,4-6,8,10H2,1H3,(H,16,19). The van der Waals surface area contributed by atoms with E-state index in [-0.39, 0.29) is 11.8 Å². The van der Waals surface area contributed by atoms with E-state index in [1.807, 2.05) is 12.1 Å². The van der Waals surface area contributed by atoms with Crippen LogP contribution in [0.2, 0.25) is 0 Å². The van der Waals surface area contributed by atoms with E-state index in [9.17, 15) is 9.59 Å². The molecule has 1 aliphatic carbocycles. The van der Waals surface area contributed by atoms with Crippen molar-refractivity contribution in [1.29, 1.82) is 0 Å². The quantitative estimate of drug-likeness (QED) is 0.834. The predicted octanol–water partition coefficient (Wildman–Crippen LogP) is 1.10. The topological polar surface area (TPSA) is 62.3 Å². The van der Waals surface area contributed by atoms with Crippen LogP contribution in [0.4, 0.5) is 0 Å². The van der Waals surface area contributed by atoms with Gasteiger partial charge in [0.1, 0.15) is 0 Å². The fourth-order valence-electron chi connectivity index (χ4n) is 2.00. The molecular formula is C14H19N3O2. The molecule has 102 valence electrons.